The standard InChI is InChI=1S/C12H12O2.2Y/c1-3-9(4-2)10-7-5-6-8-11(10)12(13)14;;/h3,5-8H,1-2,4H2,(H,13,14);;/q-2;;/b9-3+;;. The first-order valence-corrected chi connectivity index (χ1v) is 4.31. The van der Waals surface area contributed by atoms with Crippen LogP contribution in [0, 0.1) is 13.8 Å². The fourth-order valence-corrected chi connectivity index (χ4v) is 1.30. The summed E-state index contributed by atoms with van der Waals surface area (Å²) in [6.07, 6.45) is 2.18. The molecule has 0 aliphatic heterocycles. The molecule has 0 aromatic heterocycles. The predicted molar refractivity (Wildman–Crippen MR) is 56.7 cm³/mol. The molecule has 0 atom stereocenters. The third kappa shape index (κ3) is 4.79. The van der Waals surface area contributed by atoms with Gasteiger partial charge in [0.15, 0.2) is 0 Å². The first kappa shape index (κ1) is 18.9. The van der Waals surface area contributed by atoms with Gasteiger partial charge in [-0.3, -0.25) is 0 Å². The summed E-state index contributed by atoms with van der Waals surface area (Å²) in [6, 6.07) is 6.86. The van der Waals surface area contributed by atoms with Gasteiger partial charge in [0.05, 0.1) is 0 Å². The molecule has 0 fully saturated rings. The molecule has 0 saturated heterocycles. The minimum absolute atomic E-state index is 0. The van der Waals surface area contributed by atoms with Crippen molar-refractivity contribution in [2.24, 2.45) is 0 Å². The molecular weight excluding hydrogens is 354 g/mol. The molecule has 1 rings (SSSR count). The number of carboxylic acids is 1. The van der Waals surface area contributed by atoms with Crippen molar-refractivity contribution >= 4 is 11.5 Å². The van der Waals surface area contributed by atoms with E-state index >= 15 is 0 Å². The van der Waals surface area contributed by atoms with Crippen molar-refractivity contribution in [2.45, 2.75) is 6.42 Å². The van der Waals surface area contributed by atoms with E-state index in [4.69, 9.17) is 5.11 Å². The maximum atomic E-state index is 10.9. The molecule has 16 heavy (non-hydrogen) atoms. The molecule has 1 aromatic rings. The monoisotopic (exact) mass is 366 g/mol. The van der Waals surface area contributed by atoms with Gasteiger partial charge in [0, 0.05) is 71.0 Å². The van der Waals surface area contributed by atoms with E-state index in [-0.39, 0.29) is 65.4 Å². The van der Waals surface area contributed by atoms with Crippen LogP contribution in [0.1, 0.15) is 22.3 Å². The maximum absolute atomic E-state index is 10.9. The molecule has 0 unspecified atom stereocenters. The van der Waals surface area contributed by atoms with Crippen LogP contribution in [0.5, 0.6) is 0 Å². The van der Waals surface area contributed by atoms with Crippen LogP contribution >= 0.6 is 0 Å². The van der Waals surface area contributed by atoms with Crippen LogP contribution < -0.4 is 0 Å². The predicted octanol–water partition coefficient (Wildman–Crippen LogP) is 2.82. The van der Waals surface area contributed by atoms with Crippen LogP contribution in [0.15, 0.2) is 30.3 Å². The molecule has 1 N–H and O–H groups in total. The fraction of sp³-hybridized carbons (Fsp3) is 0.0833. The van der Waals surface area contributed by atoms with Crippen LogP contribution in [-0.2, 0) is 65.4 Å². The largest absolute Gasteiger partial charge is 0.478 e. The molecule has 0 aliphatic carbocycles. The number of hydrogen-bond donors (Lipinski definition) is 1. The van der Waals surface area contributed by atoms with Gasteiger partial charge in [-0.05, 0) is 6.07 Å². The summed E-state index contributed by atoms with van der Waals surface area (Å²) in [6.45, 7) is 7.37. The molecular formula is C12H12O2Y2-2. The minimum atomic E-state index is -0.923. The minimum Gasteiger partial charge on any atom is -0.478 e. The van der Waals surface area contributed by atoms with Crippen LogP contribution in [0.25, 0.3) is 5.57 Å². The van der Waals surface area contributed by atoms with E-state index in [2.05, 4.69) is 13.8 Å². The molecule has 0 heterocycles. The fourth-order valence-electron chi connectivity index (χ4n) is 1.30. The van der Waals surface area contributed by atoms with Gasteiger partial charge in [-0.15, -0.1) is 0 Å². The Morgan fingerprint density at radius 2 is 1.75 bits per heavy atom. The van der Waals surface area contributed by atoms with Crippen molar-refractivity contribution < 1.29 is 75.3 Å². The number of allylic oxidation sites excluding steroid dienone is 2. The van der Waals surface area contributed by atoms with E-state index in [1.807, 2.05) is 0 Å². The molecule has 0 aliphatic rings. The Balaban J connectivity index is 0. The van der Waals surface area contributed by atoms with Crippen LogP contribution in [0.2, 0.25) is 0 Å². The van der Waals surface area contributed by atoms with Crippen molar-refractivity contribution in [2.75, 3.05) is 0 Å². The first-order valence-electron chi connectivity index (χ1n) is 4.31. The molecule has 2 nitrogen and oxygen atoms in total. The van der Waals surface area contributed by atoms with Gasteiger partial charge in [0.1, 0.15) is 0 Å². The van der Waals surface area contributed by atoms with Crippen molar-refractivity contribution in [3.63, 3.8) is 0 Å². The zero-order valence-corrected chi connectivity index (χ0v) is 14.7. The van der Waals surface area contributed by atoms with Gasteiger partial charge < -0.3 is 12.0 Å². The average Bonchev–Trinajstić information content (AvgIpc) is 2.20. The third-order valence-electron chi connectivity index (χ3n) is 2.02. The Morgan fingerprint density at radius 3 is 2.12 bits per heavy atom. The van der Waals surface area contributed by atoms with Crippen LogP contribution in [-0.4, -0.2) is 11.1 Å². The first-order chi connectivity index (χ1) is 6.70. The van der Waals surface area contributed by atoms with Crippen LogP contribution in [0.4, 0.5) is 0 Å². The summed E-state index contributed by atoms with van der Waals surface area (Å²) < 4.78 is 0. The van der Waals surface area contributed by atoms with E-state index in [1.165, 1.54) is 0 Å². The zero-order valence-electron chi connectivity index (χ0n) is 9.02. The summed E-state index contributed by atoms with van der Waals surface area (Å²) >= 11 is 0. The van der Waals surface area contributed by atoms with Gasteiger partial charge in [0.2, 0.25) is 0 Å². The summed E-state index contributed by atoms with van der Waals surface area (Å²) in [5, 5.41) is 8.94. The van der Waals surface area contributed by atoms with Gasteiger partial charge in [0.25, 0.3) is 0 Å². The third-order valence-corrected chi connectivity index (χ3v) is 2.02. The Morgan fingerprint density at radius 1 is 1.25 bits per heavy atom. The van der Waals surface area contributed by atoms with Gasteiger partial charge in [-0.2, -0.15) is 0 Å². The molecule has 0 bridgehead atoms. The van der Waals surface area contributed by atoms with Crippen molar-refractivity contribution in [1.82, 2.24) is 0 Å². The zero-order chi connectivity index (χ0) is 10.6. The summed E-state index contributed by atoms with van der Waals surface area (Å²) in [5.74, 6) is -0.923. The quantitative estimate of drug-likeness (QED) is 0.836. The molecule has 0 spiro atoms. The summed E-state index contributed by atoms with van der Waals surface area (Å²) in [5.41, 5.74) is 1.85. The van der Waals surface area contributed by atoms with E-state index in [0.717, 1.165) is 5.57 Å². The van der Waals surface area contributed by atoms with Gasteiger partial charge in [-0.25, -0.2) is 29.8 Å². The number of carbonyl (C=O) groups is 1. The van der Waals surface area contributed by atoms with Gasteiger partial charge >= 0.3 is 5.97 Å². The summed E-state index contributed by atoms with van der Waals surface area (Å²) in [7, 11) is 0. The molecule has 0 saturated carbocycles. The SMILES string of the molecule is [CH2-]/C=C(\C[CH2-])c1ccccc1C(=O)O.[Y].[Y]. The number of benzene rings is 1. The smallest absolute Gasteiger partial charge is 0.334 e. The normalized spacial score (nSPS) is 9.94. The second kappa shape index (κ2) is 9.53. The van der Waals surface area contributed by atoms with E-state index < -0.39 is 5.97 Å². The van der Waals surface area contributed by atoms with Crippen molar-refractivity contribution in [3.05, 3.63) is 55.3 Å². The number of hydrogen-bond acceptors (Lipinski definition) is 1. The number of rotatable bonds is 3. The van der Waals surface area contributed by atoms with E-state index in [9.17, 15) is 4.79 Å². The van der Waals surface area contributed by atoms with Crippen molar-refractivity contribution in [3.8, 4) is 0 Å². The van der Waals surface area contributed by atoms with Crippen molar-refractivity contribution in [1.29, 1.82) is 0 Å². The Bertz CT molecular complexity index is 373. The topological polar surface area (TPSA) is 37.3 Å². The summed E-state index contributed by atoms with van der Waals surface area (Å²) in [4.78, 5) is 10.9. The average molecular weight is 366 g/mol. The molecule has 2 radical (unpaired) electrons. The Kier molecular flexibility index (Phi) is 11.2. The molecule has 4 heteroatoms. The van der Waals surface area contributed by atoms with E-state index in [1.54, 1.807) is 30.3 Å². The Hall–Kier alpha value is 0.508. The van der Waals surface area contributed by atoms with Gasteiger partial charge in [-0.1, -0.05) is 23.8 Å². The molecule has 1 aromatic carbocycles. The second-order valence-corrected chi connectivity index (χ2v) is 2.83. The van der Waals surface area contributed by atoms with E-state index in [0.29, 0.717) is 17.5 Å². The second-order valence-electron chi connectivity index (χ2n) is 2.83. The Labute approximate surface area is 147 Å². The van der Waals surface area contributed by atoms with Crippen LogP contribution in [0.3, 0.4) is 0 Å². The maximum Gasteiger partial charge on any atom is 0.334 e. The number of aromatic carboxylic acids is 1. The molecule has 0 amide bonds. The number of carboxylic acid groups (broad SMARTS) is 1. The molecule has 80 valence electrons.